The number of nitrogens with zero attached hydrogens (tertiary/aromatic N) is 2. The van der Waals surface area contributed by atoms with E-state index in [0.717, 1.165) is 41.7 Å². The predicted molar refractivity (Wildman–Crippen MR) is 137 cm³/mol. The fourth-order valence-electron chi connectivity index (χ4n) is 4.96. The summed E-state index contributed by atoms with van der Waals surface area (Å²) in [6.07, 6.45) is 4.53. The van der Waals surface area contributed by atoms with Crippen molar-refractivity contribution in [3.8, 4) is 5.75 Å². The van der Waals surface area contributed by atoms with Gasteiger partial charge in [0, 0.05) is 11.5 Å². The lowest BCUT2D eigenvalue weighted by Gasteiger charge is -2.29. The van der Waals surface area contributed by atoms with Gasteiger partial charge in [-0.3, -0.25) is 9.59 Å². The SMILES string of the molecule is CC(=O)c1ccc(OCC(=O)N2N=C3/C(=C\c4ccc(F)cc4)CCC[C@@H]3[C@H]2c2ccc(F)cc2)cc1. The van der Waals surface area contributed by atoms with Crippen molar-refractivity contribution in [1.29, 1.82) is 0 Å². The smallest absolute Gasteiger partial charge is 0.281 e. The third-order valence-corrected chi connectivity index (χ3v) is 6.80. The molecule has 1 aliphatic carbocycles. The lowest BCUT2D eigenvalue weighted by molar-refractivity contribution is -0.135. The molecule has 0 bridgehead atoms. The standard InChI is InChI=1S/C30H26F2N2O3/c1-19(35)21-9-15-26(16-10-21)37-18-28(36)34-30(22-7-13-25(32)14-8-22)27-4-2-3-23(29(27)33-34)17-20-5-11-24(31)12-6-20/h5-17,27,30H,2-4,18H2,1H3/b23-17-/t27-,30+/m0/s1. The van der Waals surface area contributed by atoms with Gasteiger partial charge in [-0.05, 0) is 97.5 Å². The van der Waals surface area contributed by atoms with Crippen LogP contribution in [0.25, 0.3) is 6.08 Å². The monoisotopic (exact) mass is 500 g/mol. The molecule has 1 heterocycles. The minimum Gasteiger partial charge on any atom is -0.484 e. The number of fused-ring (bicyclic) bond motifs is 1. The van der Waals surface area contributed by atoms with E-state index in [4.69, 9.17) is 9.84 Å². The zero-order valence-electron chi connectivity index (χ0n) is 20.4. The Morgan fingerprint density at radius 3 is 2.27 bits per heavy atom. The number of ketones is 1. The first-order valence-electron chi connectivity index (χ1n) is 12.3. The van der Waals surface area contributed by atoms with Gasteiger partial charge in [0.2, 0.25) is 0 Å². The Morgan fingerprint density at radius 1 is 0.973 bits per heavy atom. The molecule has 0 spiro atoms. The van der Waals surface area contributed by atoms with Crippen molar-refractivity contribution in [2.24, 2.45) is 11.0 Å². The van der Waals surface area contributed by atoms with E-state index in [2.05, 4.69) is 0 Å². The molecule has 0 radical (unpaired) electrons. The second-order valence-electron chi connectivity index (χ2n) is 9.31. The molecule has 7 heteroatoms. The van der Waals surface area contributed by atoms with Gasteiger partial charge in [0.25, 0.3) is 5.91 Å². The summed E-state index contributed by atoms with van der Waals surface area (Å²) < 4.78 is 32.8. The topological polar surface area (TPSA) is 59.0 Å². The average Bonchev–Trinajstić information content (AvgIpc) is 3.30. The number of halogens is 2. The Labute approximate surface area is 214 Å². The van der Waals surface area contributed by atoms with Crippen LogP contribution in [-0.4, -0.2) is 29.0 Å². The van der Waals surface area contributed by atoms with Crippen LogP contribution in [0.4, 0.5) is 8.78 Å². The minimum atomic E-state index is -0.385. The fraction of sp³-hybridized carbons (Fsp3) is 0.233. The van der Waals surface area contributed by atoms with Crippen LogP contribution in [-0.2, 0) is 4.79 Å². The van der Waals surface area contributed by atoms with Gasteiger partial charge >= 0.3 is 0 Å². The van der Waals surface area contributed by atoms with E-state index in [1.54, 1.807) is 48.5 Å². The largest absolute Gasteiger partial charge is 0.484 e. The van der Waals surface area contributed by atoms with Crippen LogP contribution in [0, 0.1) is 17.6 Å². The summed E-state index contributed by atoms with van der Waals surface area (Å²) in [6.45, 7) is 1.25. The molecule has 1 aliphatic heterocycles. The van der Waals surface area contributed by atoms with Crippen molar-refractivity contribution in [1.82, 2.24) is 5.01 Å². The molecule has 1 saturated carbocycles. The molecular formula is C30H26F2N2O3. The summed E-state index contributed by atoms with van der Waals surface area (Å²) in [7, 11) is 0. The summed E-state index contributed by atoms with van der Waals surface area (Å²) in [5, 5.41) is 6.23. The van der Waals surface area contributed by atoms with Crippen molar-refractivity contribution in [3.63, 3.8) is 0 Å². The summed E-state index contributed by atoms with van der Waals surface area (Å²) in [6, 6.07) is 18.7. The number of carbonyl (C=O) groups excluding carboxylic acids is 2. The van der Waals surface area contributed by atoms with Crippen LogP contribution in [0.5, 0.6) is 5.75 Å². The van der Waals surface area contributed by atoms with Gasteiger partial charge in [-0.2, -0.15) is 5.10 Å². The maximum absolute atomic E-state index is 13.7. The van der Waals surface area contributed by atoms with Crippen molar-refractivity contribution in [3.05, 3.63) is 107 Å². The van der Waals surface area contributed by atoms with Crippen LogP contribution < -0.4 is 4.74 Å². The first-order valence-corrected chi connectivity index (χ1v) is 12.3. The molecule has 0 N–H and O–H groups in total. The van der Waals surface area contributed by atoms with E-state index in [1.165, 1.54) is 36.2 Å². The average molecular weight is 501 g/mol. The van der Waals surface area contributed by atoms with Gasteiger partial charge in [0.05, 0.1) is 11.8 Å². The van der Waals surface area contributed by atoms with Gasteiger partial charge in [-0.15, -0.1) is 0 Å². The van der Waals surface area contributed by atoms with E-state index in [-0.39, 0.29) is 41.9 Å². The Hall–Kier alpha value is -4.13. The van der Waals surface area contributed by atoms with Crippen molar-refractivity contribution in [2.75, 3.05) is 6.61 Å². The number of rotatable bonds is 6. The van der Waals surface area contributed by atoms with Crippen molar-refractivity contribution in [2.45, 2.75) is 32.2 Å². The molecule has 5 nitrogen and oxygen atoms in total. The molecule has 37 heavy (non-hydrogen) atoms. The first kappa shape index (κ1) is 24.6. The zero-order chi connectivity index (χ0) is 25.9. The van der Waals surface area contributed by atoms with Crippen molar-refractivity contribution < 1.29 is 23.1 Å². The molecule has 0 saturated heterocycles. The molecule has 3 aromatic carbocycles. The van der Waals surface area contributed by atoms with Crippen LogP contribution in [0.2, 0.25) is 0 Å². The Balaban J connectivity index is 1.43. The number of hydrazone groups is 1. The number of amides is 1. The normalized spacial score (nSPS) is 19.9. The first-order chi connectivity index (χ1) is 17.9. The number of allylic oxidation sites excluding steroid dienone is 1. The van der Waals surface area contributed by atoms with Crippen LogP contribution in [0.1, 0.15) is 53.7 Å². The molecule has 2 aliphatic rings. The third kappa shape index (κ3) is 5.35. The van der Waals surface area contributed by atoms with E-state index in [1.807, 2.05) is 6.08 Å². The number of hydrogen-bond acceptors (Lipinski definition) is 4. The summed E-state index contributed by atoms with van der Waals surface area (Å²) in [5.74, 6) is -0.607. The molecule has 188 valence electrons. The Morgan fingerprint density at radius 2 is 1.62 bits per heavy atom. The summed E-state index contributed by atoms with van der Waals surface area (Å²) in [4.78, 5) is 24.9. The van der Waals surface area contributed by atoms with E-state index >= 15 is 0 Å². The minimum absolute atomic E-state index is 0.0511. The quantitative estimate of drug-likeness (QED) is 0.370. The zero-order valence-corrected chi connectivity index (χ0v) is 20.4. The van der Waals surface area contributed by atoms with Crippen molar-refractivity contribution >= 4 is 23.5 Å². The molecule has 5 rings (SSSR count). The second kappa shape index (κ2) is 10.5. The molecule has 2 atom stereocenters. The van der Waals surface area contributed by atoms with Gasteiger partial charge in [0.1, 0.15) is 17.4 Å². The van der Waals surface area contributed by atoms with Gasteiger partial charge < -0.3 is 4.74 Å². The van der Waals surface area contributed by atoms with Crippen LogP contribution >= 0.6 is 0 Å². The third-order valence-electron chi connectivity index (χ3n) is 6.80. The molecule has 3 aromatic rings. The fourth-order valence-corrected chi connectivity index (χ4v) is 4.96. The molecular weight excluding hydrogens is 474 g/mol. The van der Waals surface area contributed by atoms with E-state index in [0.29, 0.717) is 11.3 Å². The number of Topliss-reactive ketones (excluding diaryl/α,β-unsaturated/α-hetero) is 1. The highest BCUT2D eigenvalue weighted by Gasteiger charge is 2.43. The number of hydrogen-bond donors (Lipinski definition) is 0. The highest BCUT2D eigenvalue weighted by molar-refractivity contribution is 6.08. The summed E-state index contributed by atoms with van der Waals surface area (Å²) >= 11 is 0. The number of ether oxygens (including phenoxy) is 1. The van der Waals surface area contributed by atoms with Crippen LogP contribution in [0.3, 0.4) is 0 Å². The lowest BCUT2D eigenvalue weighted by Crippen LogP contribution is -2.34. The maximum atomic E-state index is 13.7. The second-order valence-corrected chi connectivity index (χ2v) is 9.31. The lowest BCUT2D eigenvalue weighted by atomic mass is 9.77. The van der Waals surface area contributed by atoms with Gasteiger partial charge in [-0.1, -0.05) is 24.3 Å². The highest BCUT2D eigenvalue weighted by Crippen LogP contribution is 2.44. The van der Waals surface area contributed by atoms with E-state index in [9.17, 15) is 18.4 Å². The Bertz CT molecular complexity index is 1360. The van der Waals surface area contributed by atoms with Gasteiger partial charge in [-0.25, -0.2) is 13.8 Å². The molecule has 1 amide bonds. The highest BCUT2D eigenvalue weighted by atomic mass is 19.1. The molecule has 1 fully saturated rings. The van der Waals surface area contributed by atoms with Gasteiger partial charge in [0.15, 0.2) is 12.4 Å². The molecule has 0 unspecified atom stereocenters. The van der Waals surface area contributed by atoms with E-state index < -0.39 is 0 Å². The number of benzene rings is 3. The van der Waals surface area contributed by atoms with Crippen LogP contribution in [0.15, 0.2) is 83.5 Å². The predicted octanol–water partition coefficient (Wildman–Crippen LogP) is 6.37. The molecule has 0 aromatic heterocycles. The summed E-state index contributed by atoms with van der Waals surface area (Å²) in [5.41, 5.74) is 4.05. The Kier molecular flexibility index (Phi) is 6.95. The number of carbonyl (C=O) groups is 2. The maximum Gasteiger partial charge on any atom is 0.281 e.